The van der Waals surface area contributed by atoms with Gasteiger partial charge in [-0.25, -0.2) is 13.1 Å². The number of aliphatic hydroxyl groups is 1. The monoisotopic (exact) mass is 345 g/mol. The molecule has 0 heterocycles. The zero-order valence-electron chi connectivity index (χ0n) is 14.3. The quantitative estimate of drug-likeness (QED) is 0.895. The van der Waals surface area contributed by atoms with Gasteiger partial charge in [-0.3, -0.25) is 0 Å². The lowest BCUT2D eigenvalue weighted by Crippen LogP contribution is -2.39. The lowest BCUT2D eigenvalue weighted by Gasteiger charge is -2.25. The average Bonchev–Trinajstić information content (AvgIpc) is 2.83. The van der Waals surface area contributed by atoms with Crippen molar-refractivity contribution in [2.45, 2.75) is 44.1 Å². The molecule has 0 spiro atoms. The van der Waals surface area contributed by atoms with Crippen LogP contribution in [0.2, 0.25) is 0 Å². The summed E-state index contributed by atoms with van der Waals surface area (Å²) in [6, 6.07) is 11.4. The van der Waals surface area contributed by atoms with Crippen LogP contribution < -0.4 is 4.72 Å². The van der Waals surface area contributed by atoms with Gasteiger partial charge in [-0.2, -0.15) is 0 Å². The number of benzene rings is 2. The first kappa shape index (κ1) is 17.1. The Balaban J connectivity index is 1.87. The van der Waals surface area contributed by atoms with Crippen molar-refractivity contribution >= 4 is 10.0 Å². The number of nitrogens with one attached hydrogen (secondary N) is 1. The molecule has 0 aliphatic heterocycles. The summed E-state index contributed by atoms with van der Waals surface area (Å²) in [4.78, 5) is 0.308. The lowest BCUT2D eigenvalue weighted by atomic mass is 9.96. The molecule has 2 aromatic rings. The normalized spacial score (nSPS) is 20.2. The molecule has 0 aromatic heterocycles. The molecule has 4 nitrogen and oxygen atoms in total. The van der Waals surface area contributed by atoms with Gasteiger partial charge in [0.1, 0.15) is 5.60 Å². The van der Waals surface area contributed by atoms with E-state index in [2.05, 4.69) is 4.72 Å². The molecule has 1 unspecified atom stereocenters. The highest BCUT2D eigenvalue weighted by Crippen LogP contribution is 2.36. The van der Waals surface area contributed by atoms with Gasteiger partial charge in [-0.1, -0.05) is 42.0 Å². The molecule has 1 atom stereocenters. The Morgan fingerprint density at radius 3 is 2.42 bits per heavy atom. The van der Waals surface area contributed by atoms with Crippen LogP contribution in [0.25, 0.3) is 0 Å². The standard InChI is InChI=1S/C19H23NO3S/c1-13-10-14(2)18(15(3)11-13)24(22,23)20-12-19(21)9-8-16-6-4-5-7-17(16)19/h4-7,10-11,20-21H,8-9,12H2,1-3H3. The number of fused-ring (bicyclic) bond motifs is 1. The van der Waals surface area contributed by atoms with E-state index < -0.39 is 15.6 Å². The predicted octanol–water partition coefficient (Wildman–Crippen LogP) is 2.72. The van der Waals surface area contributed by atoms with Crippen molar-refractivity contribution in [3.8, 4) is 0 Å². The topological polar surface area (TPSA) is 66.4 Å². The summed E-state index contributed by atoms with van der Waals surface area (Å²) in [6.07, 6.45) is 1.29. The number of aryl methyl sites for hydroxylation is 4. The second-order valence-corrected chi connectivity index (χ2v) is 8.44. The summed E-state index contributed by atoms with van der Waals surface area (Å²) in [5.41, 5.74) is 3.24. The van der Waals surface area contributed by atoms with E-state index in [1.54, 1.807) is 13.8 Å². The SMILES string of the molecule is Cc1cc(C)c(S(=O)(=O)NCC2(O)CCc3ccccc32)c(C)c1. The van der Waals surface area contributed by atoms with Crippen LogP contribution in [0.4, 0.5) is 0 Å². The molecular weight excluding hydrogens is 322 g/mol. The van der Waals surface area contributed by atoms with E-state index in [9.17, 15) is 13.5 Å². The van der Waals surface area contributed by atoms with Crippen LogP contribution >= 0.6 is 0 Å². The van der Waals surface area contributed by atoms with E-state index >= 15 is 0 Å². The minimum atomic E-state index is -3.68. The van der Waals surface area contributed by atoms with Crippen LogP contribution in [0.15, 0.2) is 41.3 Å². The molecule has 0 saturated heterocycles. The molecule has 1 aliphatic rings. The average molecular weight is 345 g/mol. The van der Waals surface area contributed by atoms with Gasteiger partial charge in [-0.05, 0) is 55.9 Å². The van der Waals surface area contributed by atoms with Crippen LogP contribution in [0.1, 0.15) is 34.2 Å². The van der Waals surface area contributed by atoms with Gasteiger partial charge in [0, 0.05) is 6.54 Å². The third-order valence-corrected chi connectivity index (χ3v) is 6.46. The van der Waals surface area contributed by atoms with Gasteiger partial charge in [0.05, 0.1) is 4.90 Å². The van der Waals surface area contributed by atoms with Crippen molar-refractivity contribution < 1.29 is 13.5 Å². The van der Waals surface area contributed by atoms with Crippen molar-refractivity contribution in [1.29, 1.82) is 0 Å². The summed E-state index contributed by atoms with van der Waals surface area (Å²) >= 11 is 0. The van der Waals surface area contributed by atoms with Gasteiger partial charge in [0.2, 0.25) is 10.0 Å². The smallest absolute Gasteiger partial charge is 0.241 e. The highest BCUT2D eigenvalue weighted by Gasteiger charge is 2.37. The summed E-state index contributed by atoms with van der Waals surface area (Å²) in [5.74, 6) is 0. The second kappa shape index (κ2) is 5.99. The zero-order chi connectivity index (χ0) is 17.5. The van der Waals surface area contributed by atoms with Gasteiger partial charge < -0.3 is 5.11 Å². The molecule has 0 amide bonds. The van der Waals surface area contributed by atoms with E-state index in [0.717, 1.165) is 34.2 Å². The zero-order valence-corrected chi connectivity index (χ0v) is 15.1. The van der Waals surface area contributed by atoms with E-state index in [4.69, 9.17) is 0 Å². The summed E-state index contributed by atoms with van der Waals surface area (Å²) in [6.45, 7) is 5.53. The number of hydrogen-bond donors (Lipinski definition) is 2. The van der Waals surface area contributed by atoms with E-state index in [1.165, 1.54) is 0 Å². The fourth-order valence-electron chi connectivity index (χ4n) is 3.73. The number of sulfonamides is 1. The Morgan fingerprint density at radius 2 is 1.75 bits per heavy atom. The van der Waals surface area contributed by atoms with E-state index in [0.29, 0.717) is 11.3 Å². The Hall–Kier alpha value is -1.69. The summed E-state index contributed by atoms with van der Waals surface area (Å²) in [5, 5.41) is 10.9. The molecule has 1 aliphatic carbocycles. The van der Waals surface area contributed by atoms with Crippen molar-refractivity contribution in [1.82, 2.24) is 4.72 Å². The maximum absolute atomic E-state index is 12.8. The lowest BCUT2D eigenvalue weighted by molar-refractivity contribution is 0.0442. The summed E-state index contributed by atoms with van der Waals surface area (Å²) in [7, 11) is -3.68. The summed E-state index contributed by atoms with van der Waals surface area (Å²) < 4.78 is 28.2. The van der Waals surface area contributed by atoms with Gasteiger partial charge in [-0.15, -0.1) is 0 Å². The molecule has 0 radical (unpaired) electrons. The van der Waals surface area contributed by atoms with Crippen molar-refractivity contribution in [2.75, 3.05) is 6.54 Å². The first-order valence-electron chi connectivity index (χ1n) is 8.11. The Bertz CT molecular complexity index is 866. The largest absolute Gasteiger partial charge is 0.384 e. The molecule has 3 rings (SSSR count). The molecular formula is C19H23NO3S. The third-order valence-electron chi connectivity index (χ3n) is 4.75. The third kappa shape index (κ3) is 2.99. The second-order valence-electron chi connectivity index (χ2n) is 6.74. The predicted molar refractivity (Wildman–Crippen MR) is 94.5 cm³/mol. The highest BCUT2D eigenvalue weighted by atomic mass is 32.2. The van der Waals surface area contributed by atoms with Crippen LogP contribution in [0.3, 0.4) is 0 Å². The number of hydrogen-bond acceptors (Lipinski definition) is 3. The molecule has 2 N–H and O–H groups in total. The fourth-order valence-corrected chi connectivity index (χ4v) is 5.27. The molecule has 0 saturated carbocycles. The minimum absolute atomic E-state index is 0.0148. The fraction of sp³-hybridized carbons (Fsp3) is 0.368. The number of rotatable bonds is 4. The first-order chi connectivity index (χ1) is 11.2. The minimum Gasteiger partial charge on any atom is -0.384 e. The molecule has 5 heteroatoms. The highest BCUT2D eigenvalue weighted by molar-refractivity contribution is 7.89. The molecule has 0 fully saturated rings. The van der Waals surface area contributed by atoms with E-state index in [1.807, 2.05) is 43.3 Å². The first-order valence-corrected chi connectivity index (χ1v) is 9.59. The Kier molecular flexibility index (Phi) is 4.28. The maximum atomic E-state index is 12.8. The maximum Gasteiger partial charge on any atom is 0.241 e. The van der Waals surface area contributed by atoms with Gasteiger partial charge >= 0.3 is 0 Å². The van der Waals surface area contributed by atoms with Crippen LogP contribution in [0.5, 0.6) is 0 Å². The van der Waals surface area contributed by atoms with E-state index in [-0.39, 0.29) is 6.54 Å². The van der Waals surface area contributed by atoms with Crippen LogP contribution in [0, 0.1) is 20.8 Å². The molecule has 128 valence electrons. The van der Waals surface area contributed by atoms with Crippen molar-refractivity contribution in [2.24, 2.45) is 0 Å². The van der Waals surface area contributed by atoms with Gasteiger partial charge in [0.25, 0.3) is 0 Å². The van der Waals surface area contributed by atoms with Crippen molar-refractivity contribution in [3.63, 3.8) is 0 Å². The van der Waals surface area contributed by atoms with Crippen LogP contribution in [-0.4, -0.2) is 20.1 Å². The molecule has 0 bridgehead atoms. The molecule has 2 aromatic carbocycles. The Labute approximate surface area is 143 Å². The van der Waals surface area contributed by atoms with Crippen molar-refractivity contribution in [3.05, 3.63) is 64.2 Å². The van der Waals surface area contributed by atoms with Crippen LogP contribution in [-0.2, 0) is 22.0 Å². The Morgan fingerprint density at radius 1 is 1.12 bits per heavy atom. The van der Waals surface area contributed by atoms with Gasteiger partial charge in [0.15, 0.2) is 0 Å². The molecule has 24 heavy (non-hydrogen) atoms.